The summed E-state index contributed by atoms with van der Waals surface area (Å²) in [5.74, 6) is 0. The Morgan fingerprint density at radius 3 is 2.64 bits per heavy atom. The van der Waals surface area contributed by atoms with Crippen LogP contribution in [0.25, 0.3) is 0 Å². The summed E-state index contributed by atoms with van der Waals surface area (Å²) in [6, 6.07) is 3.87. The number of nitrogens with zero attached hydrogens (tertiary/aromatic N) is 1. The summed E-state index contributed by atoms with van der Waals surface area (Å²) < 4.78 is 0. The van der Waals surface area contributed by atoms with Gasteiger partial charge in [-0.25, -0.2) is 0 Å². The Kier molecular flexibility index (Phi) is 1.63. The lowest BCUT2D eigenvalue weighted by Gasteiger charge is -1.95. The number of rotatable bonds is 1. The van der Waals surface area contributed by atoms with E-state index in [1.54, 1.807) is 0 Å². The molecule has 1 radical (unpaired) electrons. The third-order valence-corrected chi connectivity index (χ3v) is 1.23. The fourth-order valence-electron chi connectivity index (χ4n) is 0.702. The van der Waals surface area contributed by atoms with Crippen LogP contribution in [0.2, 0.25) is 0 Å². The second-order valence-corrected chi connectivity index (χ2v) is 2.03. The van der Waals surface area contributed by atoms with E-state index in [0.29, 0.717) is 0 Å². The van der Waals surface area contributed by atoms with E-state index in [1.807, 2.05) is 0 Å². The Labute approximate surface area is 62.8 Å². The Morgan fingerprint density at radius 2 is 2.18 bits per heavy atom. The molecule has 0 unspecified atom stereocenters. The number of nitrogens with two attached hydrogens (primary N) is 1. The number of hydrogen-bond acceptors (Lipinski definition) is 3. The SMILES string of the molecule is [NH]c1ccc(N)c([N+](=O)[O-])c1. The van der Waals surface area contributed by atoms with Crippen molar-refractivity contribution < 1.29 is 4.92 Å². The molecule has 0 spiro atoms. The highest BCUT2D eigenvalue weighted by atomic mass is 16.6. The van der Waals surface area contributed by atoms with Gasteiger partial charge in [0.25, 0.3) is 5.69 Å². The molecule has 0 fully saturated rings. The van der Waals surface area contributed by atoms with Crippen LogP contribution in [0, 0.1) is 10.1 Å². The molecule has 1 rings (SSSR count). The van der Waals surface area contributed by atoms with Gasteiger partial charge in [0, 0.05) is 6.07 Å². The Balaban J connectivity index is 3.23. The van der Waals surface area contributed by atoms with Crippen LogP contribution < -0.4 is 11.5 Å². The zero-order valence-electron chi connectivity index (χ0n) is 5.57. The van der Waals surface area contributed by atoms with Crippen molar-refractivity contribution >= 4 is 17.1 Å². The van der Waals surface area contributed by atoms with Crippen LogP contribution in [0.4, 0.5) is 17.1 Å². The van der Waals surface area contributed by atoms with Crippen molar-refractivity contribution in [2.24, 2.45) is 0 Å². The van der Waals surface area contributed by atoms with Gasteiger partial charge in [-0.3, -0.25) is 10.1 Å². The maximum absolute atomic E-state index is 10.2. The van der Waals surface area contributed by atoms with Gasteiger partial charge in [-0.2, -0.15) is 0 Å². The van der Waals surface area contributed by atoms with E-state index < -0.39 is 4.92 Å². The number of hydrogen-bond donors (Lipinski definition) is 1. The fraction of sp³-hybridized carbons (Fsp3) is 0. The van der Waals surface area contributed by atoms with Gasteiger partial charge in [-0.1, -0.05) is 0 Å². The zero-order chi connectivity index (χ0) is 8.43. The second-order valence-electron chi connectivity index (χ2n) is 2.03. The topological polar surface area (TPSA) is 93.0 Å². The van der Waals surface area contributed by atoms with Gasteiger partial charge in [0.2, 0.25) is 0 Å². The summed E-state index contributed by atoms with van der Waals surface area (Å²) >= 11 is 0. The Hall–Kier alpha value is -1.78. The van der Waals surface area contributed by atoms with Crippen molar-refractivity contribution in [2.45, 2.75) is 0 Å². The summed E-state index contributed by atoms with van der Waals surface area (Å²) in [7, 11) is 0. The molecule has 0 aliphatic carbocycles. The molecule has 0 aliphatic heterocycles. The fourth-order valence-corrected chi connectivity index (χ4v) is 0.702. The van der Waals surface area contributed by atoms with Crippen molar-refractivity contribution in [1.29, 1.82) is 0 Å². The molecule has 0 aliphatic rings. The largest absolute Gasteiger partial charge is 0.393 e. The average Bonchev–Trinajstić information content (AvgIpc) is 1.94. The number of anilines is 1. The van der Waals surface area contributed by atoms with Crippen molar-refractivity contribution in [3.05, 3.63) is 28.3 Å². The third kappa shape index (κ3) is 1.37. The predicted molar refractivity (Wildman–Crippen MR) is 40.3 cm³/mol. The average molecular weight is 152 g/mol. The van der Waals surface area contributed by atoms with E-state index in [2.05, 4.69) is 0 Å². The number of nitrogen functional groups attached to an aromatic ring is 1. The van der Waals surface area contributed by atoms with Crippen LogP contribution in [0.5, 0.6) is 0 Å². The number of nitrogens with one attached hydrogen (secondary N) is 1. The standard InChI is InChI=1S/C6H6N3O2/c7-4-1-2-5(8)6(3-4)9(10)11/h1-3,7H,8H2. The molecular weight excluding hydrogens is 146 g/mol. The highest BCUT2D eigenvalue weighted by Gasteiger charge is 2.10. The van der Waals surface area contributed by atoms with Gasteiger partial charge >= 0.3 is 0 Å². The molecule has 11 heavy (non-hydrogen) atoms. The summed E-state index contributed by atoms with van der Waals surface area (Å²) in [6.07, 6.45) is 0. The maximum atomic E-state index is 10.2. The maximum Gasteiger partial charge on any atom is 0.294 e. The first-order chi connectivity index (χ1) is 5.11. The van der Waals surface area contributed by atoms with E-state index in [9.17, 15) is 10.1 Å². The van der Waals surface area contributed by atoms with Crippen LogP contribution in [0.3, 0.4) is 0 Å². The lowest BCUT2D eigenvalue weighted by Crippen LogP contribution is -1.94. The molecule has 3 N–H and O–H groups in total. The first-order valence-electron chi connectivity index (χ1n) is 2.87. The van der Waals surface area contributed by atoms with Gasteiger partial charge < -0.3 is 11.5 Å². The minimum absolute atomic E-state index is 0.0888. The molecule has 0 saturated carbocycles. The second kappa shape index (κ2) is 2.45. The normalized spacial score (nSPS) is 9.45. The summed E-state index contributed by atoms with van der Waals surface area (Å²) in [5.41, 5.74) is 12.3. The first-order valence-corrected chi connectivity index (χ1v) is 2.87. The van der Waals surface area contributed by atoms with Crippen molar-refractivity contribution in [2.75, 3.05) is 5.73 Å². The molecule has 0 aromatic heterocycles. The van der Waals surface area contributed by atoms with Crippen LogP contribution in [0.1, 0.15) is 0 Å². The quantitative estimate of drug-likeness (QED) is 0.370. The smallest absolute Gasteiger partial charge is 0.294 e. The zero-order valence-corrected chi connectivity index (χ0v) is 5.57. The number of nitro benzene ring substituents is 1. The molecule has 5 nitrogen and oxygen atoms in total. The molecule has 1 aromatic carbocycles. The number of benzene rings is 1. The lowest BCUT2D eigenvalue weighted by molar-refractivity contribution is -0.383. The number of nitro groups is 1. The molecular formula is C6H6N3O2. The molecule has 1 aromatic rings. The van der Waals surface area contributed by atoms with Crippen LogP contribution >= 0.6 is 0 Å². The molecule has 0 amide bonds. The van der Waals surface area contributed by atoms with Gasteiger partial charge in [-0.15, -0.1) is 0 Å². The van der Waals surface area contributed by atoms with Crippen molar-refractivity contribution in [3.8, 4) is 0 Å². The first kappa shape index (κ1) is 7.33. The molecule has 0 atom stereocenters. The van der Waals surface area contributed by atoms with Gasteiger partial charge in [0.05, 0.1) is 10.6 Å². The van der Waals surface area contributed by atoms with Gasteiger partial charge in [-0.05, 0) is 12.1 Å². The van der Waals surface area contributed by atoms with Crippen molar-refractivity contribution in [3.63, 3.8) is 0 Å². The molecule has 57 valence electrons. The predicted octanol–water partition coefficient (Wildman–Crippen LogP) is 1.09. The minimum atomic E-state index is -0.604. The van der Waals surface area contributed by atoms with E-state index in [0.717, 1.165) is 6.07 Å². The van der Waals surface area contributed by atoms with Crippen LogP contribution in [0.15, 0.2) is 18.2 Å². The summed E-state index contributed by atoms with van der Waals surface area (Å²) in [4.78, 5) is 9.61. The summed E-state index contributed by atoms with van der Waals surface area (Å²) in [6.45, 7) is 0. The Morgan fingerprint density at radius 1 is 1.55 bits per heavy atom. The van der Waals surface area contributed by atoms with Crippen LogP contribution in [-0.4, -0.2) is 4.92 Å². The van der Waals surface area contributed by atoms with Gasteiger partial charge in [0.1, 0.15) is 5.69 Å². The monoisotopic (exact) mass is 152 g/mol. The van der Waals surface area contributed by atoms with E-state index in [4.69, 9.17) is 11.5 Å². The van der Waals surface area contributed by atoms with Gasteiger partial charge in [0.15, 0.2) is 0 Å². The van der Waals surface area contributed by atoms with Crippen molar-refractivity contribution in [1.82, 2.24) is 5.73 Å². The van der Waals surface area contributed by atoms with E-state index in [1.165, 1.54) is 12.1 Å². The van der Waals surface area contributed by atoms with E-state index >= 15 is 0 Å². The Bertz CT molecular complexity index is 298. The highest BCUT2D eigenvalue weighted by molar-refractivity contribution is 5.62. The molecule has 0 saturated heterocycles. The van der Waals surface area contributed by atoms with Crippen LogP contribution in [-0.2, 0) is 0 Å². The third-order valence-electron chi connectivity index (χ3n) is 1.23. The molecule has 0 heterocycles. The molecule has 0 bridgehead atoms. The highest BCUT2D eigenvalue weighted by Crippen LogP contribution is 2.23. The molecule has 5 heteroatoms. The summed E-state index contributed by atoms with van der Waals surface area (Å²) in [5, 5.41) is 10.2. The van der Waals surface area contributed by atoms with E-state index in [-0.39, 0.29) is 17.1 Å². The minimum Gasteiger partial charge on any atom is -0.393 e. The lowest BCUT2D eigenvalue weighted by atomic mass is 10.2.